The van der Waals surface area contributed by atoms with Gasteiger partial charge in [0.1, 0.15) is 11.5 Å². The molecule has 7 heteroatoms. The number of amides is 1. The van der Waals surface area contributed by atoms with Gasteiger partial charge in [0.2, 0.25) is 0 Å². The summed E-state index contributed by atoms with van der Waals surface area (Å²) >= 11 is 0. The predicted molar refractivity (Wildman–Crippen MR) is 116 cm³/mol. The number of benzene rings is 3. The second-order valence-corrected chi connectivity index (χ2v) is 7.78. The Labute approximate surface area is 179 Å². The van der Waals surface area contributed by atoms with Crippen LogP contribution in [-0.4, -0.2) is 37.5 Å². The first kappa shape index (κ1) is 22.6. The molecule has 3 rings (SSSR count). The number of alkyl halides is 3. The van der Waals surface area contributed by atoms with Crippen molar-refractivity contribution in [1.82, 2.24) is 10.2 Å². The highest BCUT2D eigenvalue weighted by atomic mass is 19.4. The zero-order valence-electron chi connectivity index (χ0n) is 17.7. The number of nitrogens with one attached hydrogen (secondary N) is 1. The van der Waals surface area contributed by atoms with Crippen LogP contribution in [0.15, 0.2) is 60.7 Å². The molecule has 0 aliphatic heterocycles. The molecule has 0 bridgehead atoms. The van der Waals surface area contributed by atoms with Crippen LogP contribution in [0.25, 0.3) is 10.8 Å². The molecule has 4 nitrogen and oxygen atoms in total. The summed E-state index contributed by atoms with van der Waals surface area (Å²) in [4.78, 5) is 14.7. The van der Waals surface area contributed by atoms with E-state index in [1.807, 2.05) is 27.1 Å². The molecule has 1 amide bonds. The van der Waals surface area contributed by atoms with Gasteiger partial charge in [-0.1, -0.05) is 12.1 Å². The predicted octanol–water partition coefficient (Wildman–Crippen LogP) is 5.72. The Morgan fingerprint density at radius 1 is 1.06 bits per heavy atom. The van der Waals surface area contributed by atoms with Crippen LogP contribution in [0, 0.1) is 0 Å². The van der Waals surface area contributed by atoms with E-state index in [-0.39, 0.29) is 11.9 Å². The smallest absolute Gasteiger partial charge is 0.416 e. The second kappa shape index (κ2) is 9.39. The fourth-order valence-electron chi connectivity index (χ4n) is 3.15. The molecule has 1 N–H and O–H groups in total. The van der Waals surface area contributed by atoms with Crippen molar-refractivity contribution in [2.75, 3.05) is 20.6 Å². The number of hydrogen-bond acceptors (Lipinski definition) is 3. The molecule has 3 aromatic carbocycles. The number of carbonyl (C=O) groups excluding carboxylic acids is 1. The van der Waals surface area contributed by atoms with Gasteiger partial charge in [0.05, 0.1) is 5.56 Å². The molecule has 3 aromatic rings. The highest BCUT2D eigenvalue weighted by Gasteiger charge is 2.30. The highest BCUT2D eigenvalue weighted by molar-refractivity contribution is 6.00. The number of halogens is 3. The lowest BCUT2D eigenvalue weighted by molar-refractivity contribution is -0.137. The van der Waals surface area contributed by atoms with Crippen molar-refractivity contribution in [3.63, 3.8) is 0 Å². The lowest BCUT2D eigenvalue weighted by Crippen LogP contribution is -2.34. The summed E-state index contributed by atoms with van der Waals surface area (Å²) in [6.07, 6.45) is -3.55. The fourth-order valence-corrected chi connectivity index (χ4v) is 3.15. The third-order valence-corrected chi connectivity index (χ3v) is 4.90. The van der Waals surface area contributed by atoms with E-state index in [0.717, 1.165) is 35.9 Å². The van der Waals surface area contributed by atoms with Gasteiger partial charge in [0, 0.05) is 17.0 Å². The van der Waals surface area contributed by atoms with Gasteiger partial charge in [-0.15, -0.1) is 0 Å². The molecule has 31 heavy (non-hydrogen) atoms. The highest BCUT2D eigenvalue weighted by Crippen LogP contribution is 2.33. The number of hydrogen-bond donors (Lipinski definition) is 1. The SMILES string of the molecule is C[C@H](CCN(C)C)NC(=O)c1ccc2c(Oc3ccc(C(F)(F)F)cc3)cccc2c1. The molecule has 0 aliphatic rings. The largest absolute Gasteiger partial charge is 0.457 e. The number of fused-ring (bicyclic) bond motifs is 1. The summed E-state index contributed by atoms with van der Waals surface area (Å²) in [5, 5.41) is 4.57. The van der Waals surface area contributed by atoms with Gasteiger partial charge in [-0.2, -0.15) is 13.2 Å². The molecular formula is C24H25F3N2O2. The van der Waals surface area contributed by atoms with E-state index in [1.165, 1.54) is 12.1 Å². The monoisotopic (exact) mass is 430 g/mol. The van der Waals surface area contributed by atoms with Gasteiger partial charge in [0.25, 0.3) is 5.91 Å². The summed E-state index contributed by atoms with van der Waals surface area (Å²) in [6, 6.07) is 15.3. The summed E-state index contributed by atoms with van der Waals surface area (Å²) in [5.74, 6) is 0.655. The van der Waals surface area contributed by atoms with E-state index in [0.29, 0.717) is 17.1 Å². The summed E-state index contributed by atoms with van der Waals surface area (Å²) in [5.41, 5.74) is -0.191. The maximum atomic E-state index is 12.7. The van der Waals surface area contributed by atoms with Crippen LogP contribution in [0.1, 0.15) is 29.3 Å². The van der Waals surface area contributed by atoms with Crippen molar-refractivity contribution in [2.24, 2.45) is 0 Å². The third kappa shape index (κ3) is 5.98. The summed E-state index contributed by atoms with van der Waals surface area (Å²) < 4.78 is 44.0. The van der Waals surface area contributed by atoms with E-state index in [1.54, 1.807) is 30.3 Å². The molecule has 0 saturated carbocycles. The zero-order chi connectivity index (χ0) is 22.6. The van der Waals surface area contributed by atoms with Gasteiger partial charge < -0.3 is 15.0 Å². The lowest BCUT2D eigenvalue weighted by atomic mass is 10.1. The van der Waals surface area contributed by atoms with Crippen molar-refractivity contribution < 1.29 is 22.7 Å². The number of rotatable bonds is 7. The molecule has 0 heterocycles. The van der Waals surface area contributed by atoms with Gasteiger partial charge in [-0.25, -0.2) is 0 Å². The van der Waals surface area contributed by atoms with Crippen molar-refractivity contribution in [2.45, 2.75) is 25.6 Å². The molecule has 0 saturated heterocycles. The third-order valence-electron chi connectivity index (χ3n) is 4.90. The first-order chi connectivity index (χ1) is 14.6. The minimum atomic E-state index is -4.39. The van der Waals surface area contributed by atoms with Crippen molar-refractivity contribution in [1.29, 1.82) is 0 Å². The van der Waals surface area contributed by atoms with E-state index < -0.39 is 11.7 Å². The van der Waals surface area contributed by atoms with Crippen LogP contribution in [-0.2, 0) is 6.18 Å². The molecule has 0 aromatic heterocycles. The Morgan fingerprint density at radius 3 is 2.42 bits per heavy atom. The van der Waals surface area contributed by atoms with Crippen LogP contribution < -0.4 is 10.1 Å². The standard InChI is InChI=1S/C24H25F3N2O2/c1-16(13-14-29(2)3)28-23(30)18-7-12-21-17(15-18)5-4-6-22(21)31-20-10-8-19(9-11-20)24(25,26)27/h4-12,15-16H,13-14H2,1-3H3,(H,28,30)/t16-/m1/s1. The van der Waals surface area contributed by atoms with Gasteiger partial charge in [-0.3, -0.25) is 4.79 Å². The maximum absolute atomic E-state index is 12.7. The first-order valence-electron chi connectivity index (χ1n) is 9.97. The van der Waals surface area contributed by atoms with E-state index in [2.05, 4.69) is 10.2 Å². The Morgan fingerprint density at radius 2 is 1.77 bits per heavy atom. The first-order valence-corrected chi connectivity index (χ1v) is 9.97. The van der Waals surface area contributed by atoms with Crippen LogP contribution >= 0.6 is 0 Å². The normalized spacial score (nSPS) is 12.7. The zero-order valence-corrected chi connectivity index (χ0v) is 17.7. The van der Waals surface area contributed by atoms with Gasteiger partial charge in [0.15, 0.2) is 0 Å². The van der Waals surface area contributed by atoms with Crippen LogP contribution in [0.2, 0.25) is 0 Å². The van der Waals surface area contributed by atoms with Crippen molar-refractivity contribution >= 4 is 16.7 Å². The Bertz CT molecular complexity index is 1050. The van der Waals surface area contributed by atoms with E-state index in [9.17, 15) is 18.0 Å². The molecule has 0 spiro atoms. The Hall–Kier alpha value is -3.06. The maximum Gasteiger partial charge on any atom is 0.416 e. The van der Waals surface area contributed by atoms with Crippen molar-refractivity contribution in [3.05, 3.63) is 71.8 Å². The number of nitrogens with zero attached hydrogens (tertiary/aromatic N) is 1. The minimum absolute atomic E-state index is 0.0416. The minimum Gasteiger partial charge on any atom is -0.457 e. The average molecular weight is 430 g/mol. The molecule has 0 unspecified atom stereocenters. The fraction of sp³-hybridized carbons (Fsp3) is 0.292. The molecule has 1 atom stereocenters. The Kier molecular flexibility index (Phi) is 6.85. The Balaban J connectivity index is 1.76. The number of ether oxygens (including phenoxy) is 1. The van der Waals surface area contributed by atoms with Gasteiger partial charge in [-0.05, 0) is 87.9 Å². The van der Waals surface area contributed by atoms with Crippen LogP contribution in [0.4, 0.5) is 13.2 Å². The van der Waals surface area contributed by atoms with E-state index in [4.69, 9.17) is 4.74 Å². The summed E-state index contributed by atoms with van der Waals surface area (Å²) in [6.45, 7) is 2.85. The molecule has 0 fully saturated rings. The topological polar surface area (TPSA) is 41.6 Å². The number of carbonyl (C=O) groups is 1. The summed E-state index contributed by atoms with van der Waals surface area (Å²) in [7, 11) is 3.98. The molecule has 0 aliphatic carbocycles. The lowest BCUT2D eigenvalue weighted by Gasteiger charge is -2.17. The average Bonchev–Trinajstić information content (AvgIpc) is 2.72. The quantitative estimate of drug-likeness (QED) is 0.521. The van der Waals surface area contributed by atoms with Crippen LogP contribution in [0.3, 0.4) is 0 Å². The molecule has 164 valence electrons. The van der Waals surface area contributed by atoms with E-state index >= 15 is 0 Å². The van der Waals surface area contributed by atoms with Crippen LogP contribution in [0.5, 0.6) is 11.5 Å². The molecular weight excluding hydrogens is 405 g/mol. The van der Waals surface area contributed by atoms with Gasteiger partial charge >= 0.3 is 6.18 Å². The second-order valence-electron chi connectivity index (χ2n) is 7.78. The molecule has 0 radical (unpaired) electrons. The van der Waals surface area contributed by atoms with Crippen molar-refractivity contribution in [3.8, 4) is 11.5 Å².